The summed E-state index contributed by atoms with van der Waals surface area (Å²) in [6.45, 7) is 13.4. The van der Waals surface area contributed by atoms with Gasteiger partial charge in [0.15, 0.2) is 18.6 Å². The van der Waals surface area contributed by atoms with Gasteiger partial charge in [-0.15, -0.1) is 0 Å². The summed E-state index contributed by atoms with van der Waals surface area (Å²) in [6.07, 6.45) is 27.7. The predicted molar refractivity (Wildman–Crippen MR) is 391 cm³/mol. The van der Waals surface area contributed by atoms with E-state index in [9.17, 15) is 4.39 Å². The average Bonchev–Trinajstić information content (AvgIpc) is 1.57. The molecular formula is C90H86FN6+3. The van der Waals surface area contributed by atoms with Gasteiger partial charge in [0.05, 0.1) is 17.1 Å². The smallest absolute Gasteiger partial charge is 0.212 e. The van der Waals surface area contributed by atoms with Gasteiger partial charge in [0.2, 0.25) is 17.1 Å². The SMILES string of the molecule is Cc1cc(-c2cc3c(cc2C)C2(CCCC2)c2ncccc2-3)[n+](C)cc1-c1ccc(F)cc1.Cc1cc(-c2cc3c(cc2C)C2(CCCC2)c2ncccc2-3)[n+](C)cc1-c1ccccc1.Cc1cc(-c2cc3c(cc2C)C2(CCCC2)c2ncccc2-3)[n+](C)cc1-c1ccccc1. The zero-order valence-corrected chi connectivity index (χ0v) is 57.8. The first-order valence-corrected chi connectivity index (χ1v) is 35.4. The van der Waals surface area contributed by atoms with Crippen LogP contribution in [0.15, 0.2) is 213 Å². The van der Waals surface area contributed by atoms with Crippen LogP contribution in [-0.2, 0) is 37.4 Å². The summed E-state index contributed by atoms with van der Waals surface area (Å²) in [7, 11) is 6.44. The fourth-order valence-corrected chi connectivity index (χ4v) is 18.5. The highest BCUT2D eigenvalue weighted by Crippen LogP contribution is 2.60. The zero-order chi connectivity index (χ0) is 66.5. The maximum absolute atomic E-state index is 13.4. The van der Waals surface area contributed by atoms with Gasteiger partial charge in [-0.1, -0.05) is 148 Å². The van der Waals surface area contributed by atoms with E-state index in [0.29, 0.717) is 0 Å². The average molecular weight is 1270 g/mol. The number of hydrogen-bond donors (Lipinski definition) is 0. The summed E-state index contributed by atoms with van der Waals surface area (Å²) in [4.78, 5) is 14.7. The third-order valence-corrected chi connectivity index (χ3v) is 23.3. The standard InChI is InChI=1S/C30H28FN2.2C30H29N2/c1-19-15-27-25(23-7-6-14-32-29(23)30(27)12-4-5-13-30)17-24(19)28-16-20(2)26(18-33(28)3)21-8-10-22(31)11-9-21;2*1-20-16-27-25(23-12-9-15-31-29(23)30(27)13-7-8-14-30)18-24(20)28-17-21(2)26(19-32(28)3)22-10-5-4-6-11-22/h6-11,14-18H,4-5,12-13H2,1-3H3;2*4-6,9-12,15-19H,7-8,13-14H2,1-3H3/q3*+1. The number of rotatable bonds is 6. The molecule has 18 rings (SSSR count). The van der Waals surface area contributed by atoms with Crippen molar-refractivity contribution in [2.45, 2.75) is 135 Å². The van der Waals surface area contributed by atoms with Gasteiger partial charge in [-0.2, -0.15) is 0 Å². The second-order valence-corrected chi connectivity index (χ2v) is 29.0. The van der Waals surface area contributed by atoms with E-state index in [2.05, 4.69) is 247 Å². The Labute approximate surface area is 572 Å². The van der Waals surface area contributed by atoms with E-state index in [0.717, 1.165) is 11.1 Å². The molecule has 0 unspecified atom stereocenters. The lowest BCUT2D eigenvalue weighted by molar-refractivity contribution is -0.660. The minimum absolute atomic E-state index is 0.0970. The van der Waals surface area contributed by atoms with Crippen molar-refractivity contribution in [3.63, 3.8) is 0 Å². The lowest BCUT2D eigenvalue weighted by atomic mass is 9.78. The van der Waals surface area contributed by atoms with E-state index in [1.807, 2.05) is 30.7 Å². The first-order valence-electron chi connectivity index (χ1n) is 35.4. The molecule has 6 nitrogen and oxygen atoms in total. The summed E-state index contributed by atoms with van der Waals surface area (Å²) in [5.41, 5.74) is 39.5. The molecule has 6 heterocycles. The van der Waals surface area contributed by atoms with Gasteiger partial charge in [0.25, 0.3) is 0 Å². The summed E-state index contributed by atoms with van der Waals surface area (Å²) >= 11 is 0. The van der Waals surface area contributed by atoms with Crippen molar-refractivity contribution in [1.82, 2.24) is 15.0 Å². The molecule has 12 aromatic rings. The molecule has 0 amide bonds. The number of aromatic nitrogens is 6. The van der Waals surface area contributed by atoms with E-state index >= 15 is 0 Å². The third kappa shape index (κ3) is 10.2. The first-order chi connectivity index (χ1) is 47.1. The zero-order valence-electron chi connectivity index (χ0n) is 57.8. The monoisotopic (exact) mass is 1270 g/mol. The molecule has 0 N–H and O–H groups in total. The lowest BCUT2D eigenvalue weighted by Gasteiger charge is -2.25. The van der Waals surface area contributed by atoms with Crippen molar-refractivity contribution in [3.05, 3.63) is 286 Å². The van der Waals surface area contributed by atoms with Gasteiger partial charge in [-0.25, -0.2) is 18.1 Å². The highest BCUT2D eigenvalue weighted by atomic mass is 19.1. The number of hydrogen-bond acceptors (Lipinski definition) is 3. The molecule has 6 aliphatic carbocycles. The van der Waals surface area contributed by atoms with Gasteiger partial charge >= 0.3 is 0 Å². The molecule has 3 fully saturated rings. The van der Waals surface area contributed by atoms with Crippen molar-refractivity contribution >= 4 is 0 Å². The highest BCUT2D eigenvalue weighted by molar-refractivity contribution is 5.88. The molecule has 0 radical (unpaired) electrons. The Hall–Kier alpha value is -9.85. The number of benzene rings is 6. The van der Waals surface area contributed by atoms with E-state index in [4.69, 9.17) is 15.0 Å². The quantitative estimate of drug-likeness (QED) is 0.156. The van der Waals surface area contributed by atoms with Crippen LogP contribution in [0.25, 0.3) is 101 Å². The molecule has 3 saturated carbocycles. The Morgan fingerprint density at radius 1 is 0.289 bits per heavy atom. The number of fused-ring (bicyclic) bond motifs is 15. The molecule has 97 heavy (non-hydrogen) atoms. The summed E-state index contributed by atoms with van der Waals surface area (Å²) < 4.78 is 20.2. The van der Waals surface area contributed by atoms with Gasteiger partial charge in [0, 0.05) is 103 Å². The van der Waals surface area contributed by atoms with E-state index in [-0.39, 0.29) is 22.1 Å². The molecule has 6 aliphatic rings. The second kappa shape index (κ2) is 24.4. The van der Waals surface area contributed by atoms with Gasteiger partial charge < -0.3 is 0 Å². The number of pyridine rings is 6. The van der Waals surface area contributed by atoms with Crippen LogP contribution in [0.4, 0.5) is 4.39 Å². The van der Waals surface area contributed by atoms with Crippen LogP contribution < -0.4 is 13.7 Å². The predicted octanol–water partition coefficient (Wildman–Crippen LogP) is 20.2. The fraction of sp³-hybridized carbons (Fsp3) is 0.267. The van der Waals surface area contributed by atoms with Crippen LogP contribution in [0, 0.1) is 47.4 Å². The Bertz CT molecular complexity index is 4890. The van der Waals surface area contributed by atoms with E-state index in [1.165, 1.54) is 246 Å². The van der Waals surface area contributed by atoms with Crippen LogP contribution in [0.3, 0.4) is 0 Å². The molecular weight excluding hydrogens is 1180 g/mol. The molecule has 480 valence electrons. The summed E-state index contributed by atoms with van der Waals surface area (Å²) in [5.74, 6) is -0.207. The first kappa shape index (κ1) is 62.0. The van der Waals surface area contributed by atoms with E-state index < -0.39 is 0 Å². The molecule has 7 heteroatoms. The van der Waals surface area contributed by atoms with Gasteiger partial charge in [0.1, 0.15) is 27.0 Å². The lowest BCUT2D eigenvalue weighted by Crippen LogP contribution is -2.31. The Kier molecular flexibility index (Phi) is 15.6. The molecule has 0 saturated heterocycles. The molecule has 6 aromatic heterocycles. The van der Waals surface area contributed by atoms with Crippen LogP contribution in [0.5, 0.6) is 0 Å². The topological polar surface area (TPSA) is 50.3 Å². The Balaban J connectivity index is 0.000000114. The van der Waals surface area contributed by atoms with Crippen LogP contribution in [0.1, 0.15) is 144 Å². The highest BCUT2D eigenvalue weighted by Gasteiger charge is 2.49. The molecule has 0 aliphatic heterocycles. The maximum Gasteiger partial charge on any atom is 0.212 e. The number of aryl methyl sites for hydroxylation is 9. The van der Waals surface area contributed by atoms with Crippen molar-refractivity contribution in [3.8, 4) is 101 Å². The molecule has 0 bridgehead atoms. The third-order valence-electron chi connectivity index (χ3n) is 23.3. The van der Waals surface area contributed by atoms with Gasteiger partial charge in [-0.05, 0) is 212 Å². The van der Waals surface area contributed by atoms with Crippen molar-refractivity contribution in [2.75, 3.05) is 0 Å². The number of nitrogens with zero attached hydrogens (tertiary/aromatic N) is 6. The molecule has 3 spiro atoms. The minimum atomic E-state index is -0.207. The minimum Gasteiger partial charge on any atom is -0.260 e. The number of halogens is 1. The summed E-state index contributed by atoms with van der Waals surface area (Å²) in [6, 6.07) is 62.7. The van der Waals surface area contributed by atoms with Crippen LogP contribution >= 0.6 is 0 Å². The fourth-order valence-electron chi connectivity index (χ4n) is 18.5. The maximum atomic E-state index is 13.4. The van der Waals surface area contributed by atoms with Crippen LogP contribution in [-0.4, -0.2) is 15.0 Å². The van der Waals surface area contributed by atoms with E-state index in [1.54, 1.807) is 0 Å². The van der Waals surface area contributed by atoms with Gasteiger partial charge in [-0.3, -0.25) is 15.0 Å². The second-order valence-electron chi connectivity index (χ2n) is 29.0. The van der Waals surface area contributed by atoms with Crippen molar-refractivity contribution < 1.29 is 18.1 Å². The Morgan fingerprint density at radius 2 is 0.567 bits per heavy atom. The summed E-state index contributed by atoms with van der Waals surface area (Å²) in [5, 5.41) is 0. The van der Waals surface area contributed by atoms with Crippen molar-refractivity contribution in [2.24, 2.45) is 21.1 Å². The Morgan fingerprint density at radius 3 is 0.866 bits per heavy atom. The molecule has 6 aromatic carbocycles. The normalized spacial score (nSPS) is 15.7. The van der Waals surface area contributed by atoms with Crippen molar-refractivity contribution in [1.29, 1.82) is 0 Å². The molecule has 0 atom stereocenters. The van der Waals surface area contributed by atoms with Crippen LogP contribution in [0.2, 0.25) is 0 Å². The largest absolute Gasteiger partial charge is 0.260 e.